The van der Waals surface area contributed by atoms with Crippen LogP contribution in [0.15, 0.2) is 41.0 Å². The quantitative estimate of drug-likeness (QED) is 0.835. The first kappa shape index (κ1) is 18.2. The lowest BCUT2D eigenvalue weighted by Gasteiger charge is -2.23. The standard InChI is InChI=1S/C20H25N3O3/c1-14-7-8-15(2)17(11-14)22-19(24)13-23-9-3-6-18(23)20(25)21-12-16-5-4-10-26-16/h4-5,7-8,10-11,18H,3,6,9,12-13H2,1-2H3,(H,21,25)(H,22,24). The van der Waals surface area contributed by atoms with E-state index in [0.29, 0.717) is 6.54 Å². The zero-order chi connectivity index (χ0) is 18.5. The Morgan fingerprint density at radius 1 is 1.27 bits per heavy atom. The molecule has 0 aliphatic carbocycles. The van der Waals surface area contributed by atoms with Crippen molar-refractivity contribution in [3.8, 4) is 0 Å². The maximum atomic E-state index is 12.5. The van der Waals surface area contributed by atoms with Crippen LogP contribution in [0.2, 0.25) is 0 Å². The number of carbonyl (C=O) groups excluding carboxylic acids is 2. The largest absolute Gasteiger partial charge is 0.467 e. The Bertz CT molecular complexity index is 771. The smallest absolute Gasteiger partial charge is 0.238 e. The summed E-state index contributed by atoms with van der Waals surface area (Å²) in [4.78, 5) is 26.9. The highest BCUT2D eigenvalue weighted by atomic mass is 16.3. The van der Waals surface area contributed by atoms with Crippen molar-refractivity contribution in [2.75, 3.05) is 18.4 Å². The minimum Gasteiger partial charge on any atom is -0.467 e. The molecule has 2 amide bonds. The maximum absolute atomic E-state index is 12.5. The van der Waals surface area contributed by atoms with Crippen LogP contribution < -0.4 is 10.6 Å². The number of amides is 2. The number of carbonyl (C=O) groups is 2. The first-order valence-electron chi connectivity index (χ1n) is 8.94. The molecule has 2 N–H and O–H groups in total. The van der Waals surface area contributed by atoms with Gasteiger partial charge >= 0.3 is 0 Å². The molecule has 0 spiro atoms. The summed E-state index contributed by atoms with van der Waals surface area (Å²) in [7, 11) is 0. The van der Waals surface area contributed by atoms with Gasteiger partial charge < -0.3 is 15.1 Å². The van der Waals surface area contributed by atoms with Gasteiger partial charge in [0, 0.05) is 5.69 Å². The van der Waals surface area contributed by atoms with Gasteiger partial charge in [0.2, 0.25) is 11.8 Å². The molecule has 6 nitrogen and oxygen atoms in total. The Labute approximate surface area is 153 Å². The topological polar surface area (TPSA) is 74.6 Å². The van der Waals surface area contributed by atoms with Gasteiger partial charge in [-0.3, -0.25) is 14.5 Å². The molecule has 2 heterocycles. The molecule has 0 bridgehead atoms. The molecule has 0 saturated carbocycles. The van der Waals surface area contributed by atoms with E-state index >= 15 is 0 Å². The average Bonchev–Trinajstić information content (AvgIpc) is 3.27. The second kappa shape index (κ2) is 8.19. The second-order valence-electron chi connectivity index (χ2n) is 6.79. The van der Waals surface area contributed by atoms with Crippen molar-refractivity contribution in [2.45, 2.75) is 39.3 Å². The third kappa shape index (κ3) is 4.52. The summed E-state index contributed by atoms with van der Waals surface area (Å²) in [6.07, 6.45) is 3.26. The first-order chi connectivity index (χ1) is 12.5. The molecule has 1 aromatic heterocycles. The minimum atomic E-state index is -0.269. The zero-order valence-electron chi connectivity index (χ0n) is 15.2. The van der Waals surface area contributed by atoms with Crippen molar-refractivity contribution in [3.63, 3.8) is 0 Å². The van der Waals surface area contributed by atoms with E-state index < -0.39 is 0 Å². The predicted molar refractivity (Wildman–Crippen MR) is 99.7 cm³/mol. The Hall–Kier alpha value is -2.60. The molecule has 1 aliphatic heterocycles. The predicted octanol–water partition coefficient (Wildman–Crippen LogP) is 2.62. The van der Waals surface area contributed by atoms with Crippen LogP contribution in [0.25, 0.3) is 0 Å². The summed E-state index contributed by atoms with van der Waals surface area (Å²) in [5, 5.41) is 5.85. The number of nitrogens with one attached hydrogen (secondary N) is 2. The minimum absolute atomic E-state index is 0.0570. The average molecular weight is 355 g/mol. The van der Waals surface area contributed by atoms with Crippen LogP contribution in [0.3, 0.4) is 0 Å². The molecular weight excluding hydrogens is 330 g/mol. The molecule has 2 aromatic rings. The lowest BCUT2D eigenvalue weighted by atomic mass is 10.1. The highest BCUT2D eigenvalue weighted by Gasteiger charge is 2.31. The Morgan fingerprint density at radius 2 is 2.12 bits per heavy atom. The van der Waals surface area contributed by atoms with Crippen molar-refractivity contribution in [2.24, 2.45) is 0 Å². The van der Waals surface area contributed by atoms with Gasteiger partial charge in [0.25, 0.3) is 0 Å². The van der Waals surface area contributed by atoms with Gasteiger partial charge in [-0.2, -0.15) is 0 Å². The highest BCUT2D eigenvalue weighted by Crippen LogP contribution is 2.19. The summed E-state index contributed by atoms with van der Waals surface area (Å²) >= 11 is 0. The lowest BCUT2D eigenvalue weighted by molar-refractivity contribution is -0.126. The highest BCUT2D eigenvalue weighted by molar-refractivity contribution is 5.93. The molecule has 0 radical (unpaired) electrons. The summed E-state index contributed by atoms with van der Waals surface area (Å²) < 4.78 is 5.23. The van der Waals surface area contributed by atoms with Crippen molar-refractivity contribution < 1.29 is 14.0 Å². The summed E-state index contributed by atoms with van der Waals surface area (Å²) in [5.41, 5.74) is 2.95. The van der Waals surface area contributed by atoms with Gasteiger partial charge in [-0.25, -0.2) is 0 Å². The number of benzene rings is 1. The van der Waals surface area contributed by atoms with Crippen molar-refractivity contribution >= 4 is 17.5 Å². The number of hydrogen-bond donors (Lipinski definition) is 2. The van der Waals surface area contributed by atoms with Crippen molar-refractivity contribution in [1.29, 1.82) is 0 Å². The van der Waals surface area contributed by atoms with Gasteiger partial charge in [-0.1, -0.05) is 12.1 Å². The number of likely N-dealkylation sites (tertiary alicyclic amines) is 1. The molecule has 1 unspecified atom stereocenters. The third-order valence-electron chi connectivity index (χ3n) is 4.70. The summed E-state index contributed by atoms with van der Waals surface area (Å²) in [6, 6.07) is 9.32. The molecule has 138 valence electrons. The van der Waals surface area contributed by atoms with E-state index in [2.05, 4.69) is 10.6 Å². The van der Waals surface area contributed by atoms with Crippen LogP contribution in [0, 0.1) is 13.8 Å². The Morgan fingerprint density at radius 3 is 2.88 bits per heavy atom. The van der Waals surface area contributed by atoms with E-state index in [1.807, 2.05) is 43.0 Å². The van der Waals surface area contributed by atoms with Crippen LogP contribution in [0.5, 0.6) is 0 Å². The molecule has 1 saturated heterocycles. The number of furan rings is 1. The van der Waals surface area contributed by atoms with Gasteiger partial charge in [0.05, 0.1) is 25.4 Å². The fourth-order valence-corrected chi connectivity index (χ4v) is 3.26. The molecule has 1 aliphatic rings. The zero-order valence-corrected chi connectivity index (χ0v) is 15.2. The molecule has 1 fully saturated rings. The van der Waals surface area contributed by atoms with Crippen LogP contribution in [0.4, 0.5) is 5.69 Å². The molecule has 1 atom stereocenters. The maximum Gasteiger partial charge on any atom is 0.238 e. The fourth-order valence-electron chi connectivity index (χ4n) is 3.26. The molecular formula is C20H25N3O3. The summed E-state index contributed by atoms with van der Waals surface area (Å²) in [6.45, 7) is 5.29. The third-order valence-corrected chi connectivity index (χ3v) is 4.70. The fraction of sp³-hybridized carbons (Fsp3) is 0.400. The van der Waals surface area contributed by atoms with Crippen molar-refractivity contribution in [1.82, 2.24) is 10.2 Å². The van der Waals surface area contributed by atoms with Gasteiger partial charge in [-0.15, -0.1) is 0 Å². The number of rotatable bonds is 6. The summed E-state index contributed by atoms with van der Waals surface area (Å²) in [5.74, 6) is 0.568. The SMILES string of the molecule is Cc1ccc(C)c(NC(=O)CN2CCCC2C(=O)NCc2ccco2)c1. The van der Waals surface area contributed by atoms with E-state index in [1.54, 1.807) is 12.3 Å². The van der Waals surface area contributed by atoms with Crippen LogP contribution in [0.1, 0.15) is 29.7 Å². The van der Waals surface area contributed by atoms with Gasteiger partial charge in [0.1, 0.15) is 5.76 Å². The molecule has 26 heavy (non-hydrogen) atoms. The van der Waals surface area contributed by atoms with Crippen molar-refractivity contribution in [3.05, 3.63) is 53.5 Å². The monoisotopic (exact) mass is 355 g/mol. The van der Waals surface area contributed by atoms with Crippen LogP contribution in [-0.2, 0) is 16.1 Å². The molecule has 6 heteroatoms. The molecule has 1 aromatic carbocycles. The number of anilines is 1. The number of aryl methyl sites for hydroxylation is 2. The second-order valence-corrected chi connectivity index (χ2v) is 6.79. The van der Waals surface area contributed by atoms with E-state index in [1.165, 1.54) is 0 Å². The van der Waals surface area contributed by atoms with Gasteiger partial charge in [0.15, 0.2) is 0 Å². The van der Waals surface area contributed by atoms with Gasteiger partial charge in [-0.05, 0) is 62.6 Å². The van der Waals surface area contributed by atoms with E-state index in [4.69, 9.17) is 4.42 Å². The molecule has 3 rings (SSSR count). The van der Waals surface area contributed by atoms with Crippen LogP contribution in [-0.4, -0.2) is 35.8 Å². The lowest BCUT2D eigenvalue weighted by Crippen LogP contribution is -2.45. The number of hydrogen-bond acceptors (Lipinski definition) is 4. The van der Waals surface area contributed by atoms with E-state index in [0.717, 1.165) is 42.0 Å². The Kier molecular flexibility index (Phi) is 5.73. The van der Waals surface area contributed by atoms with E-state index in [9.17, 15) is 9.59 Å². The van der Waals surface area contributed by atoms with E-state index in [-0.39, 0.29) is 24.4 Å². The normalized spacial score (nSPS) is 17.2. The Balaban J connectivity index is 1.55. The first-order valence-corrected chi connectivity index (χ1v) is 8.94. The van der Waals surface area contributed by atoms with Crippen LogP contribution >= 0.6 is 0 Å². The number of nitrogens with zero attached hydrogens (tertiary/aromatic N) is 1.